The van der Waals surface area contributed by atoms with Gasteiger partial charge in [-0.15, -0.1) is 11.3 Å². The van der Waals surface area contributed by atoms with Crippen LogP contribution in [0.5, 0.6) is 0 Å². The Kier molecular flexibility index (Phi) is 4.66. The lowest BCUT2D eigenvalue weighted by atomic mass is 9.98. The molecule has 1 aromatic rings. The molecule has 2 amide bonds. The number of carbonyl (C=O) groups excluding carboxylic acids is 2. The van der Waals surface area contributed by atoms with Crippen molar-refractivity contribution in [1.82, 2.24) is 15.2 Å². The molecule has 1 aliphatic rings. The number of rotatable bonds is 3. The quantitative estimate of drug-likeness (QED) is 0.925. The van der Waals surface area contributed by atoms with Crippen LogP contribution in [-0.2, 0) is 21.4 Å². The van der Waals surface area contributed by atoms with Gasteiger partial charge in [-0.05, 0) is 6.42 Å². The van der Waals surface area contributed by atoms with E-state index in [1.54, 1.807) is 23.3 Å². The van der Waals surface area contributed by atoms with Gasteiger partial charge in [0.15, 0.2) is 0 Å². The monoisotopic (exact) mass is 309 g/mol. The molecule has 0 unspecified atom stereocenters. The van der Waals surface area contributed by atoms with E-state index in [0.29, 0.717) is 19.4 Å². The molecular formula is C15H23N3O2S. The summed E-state index contributed by atoms with van der Waals surface area (Å²) >= 11 is 1.60. The first kappa shape index (κ1) is 15.9. The number of nitrogens with one attached hydrogen (secondary N) is 1. The zero-order valence-corrected chi connectivity index (χ0v) is 13.9. The number of aromatic nitrogens is 1. The number of likely N-dealkylation sites (tertiary alicyclic amines) is 1. The maximum absolute atomic E-state index is 12.1. The lowest BCUT2D eigenvalue weighted by Gasteiger charge is -2.30. The Bertz CT molecular complexity index is 533. The highest BCUT2D eigenvalue weighted by Crippen LogP contribution is 2.25. The zero-order valence-electron chi connectivity index (χ0n) is 13.1. The molecule has 1 atom stereocenters. The van der Waals surface area contributed by atoms with E-state index in [-0.39, 0.29) is 23.3 Å². The van der Waals surface area contributed by atoms with Crippen LogP contribution in [-0.4, -0.2) is 41.3 Å². The summed E-state index contributed by atoms with van der Waals surface area (Å²) in [6, 6.07) is 0.0564. The smallest absolute Gasteiger partial charge is 0.226 e. The molecule has 2 rings (SSSR count). The number of hydrogen-bond acceptors (Lipinski definition) is 4. The number of nitrogens with zero attached hydrogens (tertiary/aromatic N) is 2. The summed E-state index contributed by atoms with van der Waals surface area (Å²) in [5, 5.41) is 6.00. The Labute approximate surface area is 129 Å². The third-order valence-electron chi connectivity index (χ3n) is 3.53. The van der Waals surface area contributed by atoms with Crippen molar-refractivity contribution in [3.05, 3.63) is 16.1 Å². The number of piperidine rings is 1. The van der Waals surface area contributed by atoms with Gasteiger partial charge >= 0.3 is 0 Å². The topological polar surface area (TPSA) is 62.3 Å². The van der Waals surface area contributed by atoms with Crippen LogP contribution in [0.25, 0.3) is 0 Å². The average molecular weight is 309 g/mol. The molecule has 1 aliphatic heterocycles. The van der Waals surface area contributed by atoms with Gasteiger partial charge < -0.3 is 10.2 Å². The molecule has 1 fully saturated rings. The normalized spacial score (nSPS) is 19.7. The van der Waals surface area contributed by atoms with Crippen molar-refractivity contribution >= 4 is 23.2 Å². The lowest BCUT2D eigenvalue weighted by Crippen LogP contribution is -2.48. The predicted octanol–water partition coefficient (Wildman–Crippen LogP) is 1.72. The van der Waals surface area contributed by atoms with E-state index in [1.807, 2.05) is 5.38 Å². The second-order valence-electron chi connectivity index (χ2n) is 6.65. The van der Waals surface area contributed by atoms with Crippen LogP contribution in [0.3, 0.4) is 0 Å². The molecule has 21 heavy (non-hydrogen) atoms. The van der Waals surface area contributed by atoms with Gasteiger partial charge in [0.05, 0.1) is 17.1 Å². The van der Waals surface area contributed by atoms with E-state index < -0.39 is 0 Å². The molecule has 6 heteroatoms. The summed E-state index contributed by atoms with van der Waals surface area (Å²) in [5.41, 5.74) is 0.842. The minimum Gasteiger partial charge on any atom is -0.351 e. The molecule has 0 spiro atoms. The zero-order chi connectivity index (χ0) is 15.6. The predicted molar refractivity (Wildman–Crippen MR) is 83.3 cm³/mol. The summed E-state index contributed by atoms with van der Waals surface area (Å²) in [7, 11) is 1.77. The van der Waals surface area contributed by atoms with Crippen molar-refractivity contribution in [2.75, 3.05) is 13.6 Å². The summed E-state index contributed by atoms with van der Waals surface area (Å²) < 4.78 is 0. The van der Waals surface area contributed by atoms with Gasteiger partial charge in [-0.1, -0.05) is 20.8 Å². The summed E-state index contributed by atoms with van der Waals surface area (Å²) in [6.45, 7) is 6.94. The summed E-state index contributed by atoms with van der Waals surface area (Å²) in [6.07, 6.45) is 1.53. The molecule has 1 saturated heterocycles. The molecule has 0 saturated carbocycles. The van der Waals surface area contributed by atoms with Crippen LogP contribution in [0.15, 0.2) is 5.38 Å². The van der Waals surface area contributed by atoms with Crippen LogP contribution >= 0.6 is 11.3 Å². The minimum absolute atomic E-state index is 0.0197. The highest BCUT2D eigenvalue weighted by atomic mass is 32.1. The Morgan fingerprint density at radius 3 is 2.81 bits per heavy atom. The second kappa shape index (κ2) is 6.13. The molecule has 5 nitrogen and oxygen atoms in total. The fraction of sp³-hybridized carbons (Fsp3) is 0.667. The molecule has 116 valence electrons. The standard InChI is InChI=1S/C15H23N3O2S/c1-15(2,3)14-17-11(9-21-14)7-12(19)16-10-5-6-13(20)18(4)8-10/h9-10H,5-8H2,1-4H3,(H,16,19)/t10-/m0/s1. The van der Waals surface area contributed by atoms with Gasteiger partial charge in [0, 0.05) is 36.9 Å². The van der Waals surface area contributed by atoms with E-state index in [1.165, 1.54) is 0 Å². The Hall–Kier alpha value is -1.43. The first-order valence-corrected chi connectivity index (χ1v) is 8.12. The number of hydrogen-bond donors (Lipinski definition) is 1. The van der Waals surface area contributed by atoms with Gasteiger partial charge in [-0.3, -0.25) is 9.59 Å². The van der Waals surface area contributed by atoms with E-state index >= 15 is 0 Å². The maximum Gasteiger partial charge on any atom is 0.226 e. The van der Waals surface area contributed by atoms with Crippen molar-refractivity contribution in [2.45, 2.75) is 51.5 Å². The third-order valence-corrected chi connectivity index (χ3v) is 4.84. The van der Waals surface area contributed by atoms with Gasteiger partial charge in [0.2, 0.25) is 11.8 Å². The second-order valence-corrected chi connectivity index (χ2v) is 7.51. The summed E-state index contributed by atoms with van der Waals surface area (Å²) in [5.74, 6) is 0.128. The minimum atomic E-state index is -0.0199. The first-order valence-electron chi connectivity index (χ1n) is 7.24. The Morgan fingerprint density at radius 1 is 1.52 bits per heavy atom. The van der Waals surface area contributed by atoms with Gasteiger partial charge in [0.1, 0.15) is 0 Å². The molecule has 0 aliphatic carbocycles. The van der Waals surface area contributed by atoms with Crippen molar-refractivity contribution in [3.8, 4) is 0 Å². The molecule has 0 aromatic carbocycles. The van der Waals surface area contributed by atoms with Crippen molar-refractivity contribution in [2.24, 2.45) is 0 Å². The average Bonchev–Trinajstić information content (AvgIpc) is 2.82. The molecule has 2 heterocycles. The SMILES string of the molecule is CN1C[C@@H](NC(=O)Cc2csc(C(C)(C)C)n2)CCC1=O. The number of amides is 2. The molecular weight excluding hydrogens is 286 g/mol. The highest BCUT2D eigenvalue weighted by Gasteiger charge is 2.24. The van der Waals surface area contributed by atoms with Crippen molar-refractivity contribution in [3.63, 3.8) is 0 Å². The Balaban J connectivity index is 1.87. The van der Waals surface area contributed by atoms with Crippen LogP contribution in [0, 0.1) is 0 Å². The van der Waals surface area contributed by atoms with Crippen LogP contribution < -0.4 is 5.32 Å². The molecule has 1 aromatic heterocycles. The van der Waals surface area contributed by atoms with Gasteiger partial charge in [0.25, 0.3) is 0 Å². The Morgan fingerprint density at radius 2 is 2.24 bits per heavy atom. The highest BCUT2D eigenvalue weighted by molar-refractivity contribution is 7.09. The van der Waals surface area contributed by atoms with Gasteiger partial charge in [-0.2, -0.15) is 0 Å². The van der Waals surface area contributed by atoms with E-state index in [2.05, 4.69) is 31.1 Å². The number of carbonyl (C=O) groups is 2. The largest absolute Gasteiger partial charge is 0.351 e. The van der Waals surface area contributed by atoms with Crippen molar-refractivity contribution in [1.29, 1.82) is 0 Å². The first-order chi connectivity index (χ1) is 9.75. The third kappa shape index (κ3) is 4.27. The van der Waals surface area contributed by atoms with E-state index in [4.69, 9.17) is 0 Å². The van der Waals surface area contributed by atoms with E-state index in [9.17, 15) is 9.59 Å². The fourth-order valence-electron chi connectivity index (χ4n) is 2.31. The summed E-state index contributed by atoms with van der Waals surface area (Å²) in [4.78, 5) is 29.7. The van der Waals surface area contributed by atoms with Crippen LogP contribution in [0.4, 0.5) is 0 Å². The van der Waals surface area contributed by atoms with E-state index in [0.717, 1.165) is 17.1 Å². The molecule has 1 N–H and O–H groups in total. The molecule has 0 radical (unpaired) electrons. The lowest BCUT2D eigenvalue weighted by molar-refractivity contribution is -0.133. The maximum atomic E-state index is 12.1. The van der Waals surface area contributed by atoms with Crippen LogP contribution in [0.1, 0.15) is 44.3 Å². The number of thiazole rings is 1. The van der Waals surface area contributed by atoms with Gasteiger partial charge in [-0.25, -0.2) is 4.98 Å². The molecule has 0 bridgehead atoms. The number of likely N-dealkylation sites (N-methyl/N-ethyl adjacent to an activating group) is 1. The van der Waals surface area contributed by atoms with Crippen LogP contribution in [0.2, 0.25) is 0 Å². The van der Waals surface area contributed by atoms with Crippen molar-refractivity contribution < 1.29 is 9.59 Å². The fourth-order valence-corrected chi connectivity index (χ4v) is 3.21.